The Kier molecular flexibility index (Phi) is 8.52. The van der Waals surface area contributed by atoms with Crippen LogP contribution < -0.4 is 10.2 Å². The van der Waals surface area contributed by atoms with Gasteiger partial charge >= 0.3 is 0 Å². The average molecular weight is 611 g/mol. The standard InChI is InChI=1S/C27H30O16/c28-6-15-19(33)22(36)24(38)26(41-15)18-14(42-27-25(39)23(37)20(34)16(7-29)43-27)5-13-17(21(18)35)11(32)4-12(40-13)8-1-2-9(30)10(31)3-8/h1-5,15-16,19-20,22-31,33-39H,6-7H2/t15-,16-,19-,20-,22+,23+,24-,25-,26+,27?/m1/s1. The molecule has 0 aliphatic carbocycles. The summed E-state index contributed by atoms with van der Waals surface area (Å²) in [5.41, 5.74) is -1.56. The molecule has 3 aromatic rings. The van der Waals surface area contributed by atoms with E-state index >= 15 is 0 Å². The predicted octanol–water partition coefficient (Wildman–Crippen LogP) is -2.73. The smallest absolute Gasteiger partial charge is 0.229 e. The van der Waals surface area contributed by atoms with Gasteiger partial charge in [-0.3, -0.25) is 4.79 Å². The van der Waals surface area contributed by atoms with Crippen LogP contribution in [0.2, 0.25) is 0 Å². The molecule has 10 atom stereocenters. The van der Waals surface area contributed by atoms with Crippen LogP contribution in [-0.2, 0) is 9.47 Å². The first-order valence-electron chi connectivity index (χ1n) is 13.0. The minimum absolute atomic E-state index is 0.133. The zero-order valence-corrected chi connectivity index (χ0v) is 22.0. The zero-order valence-electron chi connectivity index (χ0n) is 22.0. The molecular weight excluding hydrogens is 580 g/mol. The van der Waals surface area contributed by atoms with Gasteiger partial charge in [0.1, 0.15) is 83.2 Å². The normalized spacial score (nSPS) is 33.0. The van der Waals surface area contributed by atoms with Crippen molar-refractivity contribution in [3.63, 3.8) is 0 Å². The summed E-state index contributed by atoms with van der Waals surface area (Å²) < 4.78 is 22.5. The number of ether oxygens (including phenoxy) is 3. The maximum atomic E-state index is 13.3. The molecule has 3 heterocycles. The molecule has 2 aromatic carbocycles. The Labute approximate surface area is 241 Å². The number of phenols is 3. The van der Waals surface area contributed by atoms with Gasteiger partial charge in [0.25, 0.3) is 0 Å². The monoisotopic (exact) mass is 610 g/mol. The lowest BCUT2D eigenvalue weighted by atomic mass is 9.89. The molecule has 2 fully saturated rings. The third-order valence-electron chi connectivity index (χ3n) is 7.52. The molecule has 11 N–H and O–H groups in total. The fraction of sp³-hybridized carbons (Fsp3) is 0.444. The lowest BCUT2D eigenvalue weighted by Gasteiger charge is -2.42. The molecule has 0 bridgehead atoms. The molecule has 5 rings (SSSR count). The second-order valence-electron chi connectivity index (χ2n) is 10.3. The molecule has 43 heavy (non-hydrogen) atoms. The van der Waals surface area contributed by atoms with Crippen molar-refractivity contribution < 1.29 is 74.8 Å². The Bertz CT molecular complexity index is 1540. The first-order valence-corrected chi connectivity index (χ1v) is 13.0. The summed E-state index contributed by atoms with van der Waals surface area (Å²) in [5.74, 6) is -2.49. The maximum Gasteiger partial charge on any atom is 0.229 e. The molecule has 16 heteroatoms. The average Bonchev–Trinajstić information content (AvgIpc) is 2.98. The van der Waals surface area contributed by atoms with Crippen LogP contribution in [0.5, 0.6) is 23.0 Å². The predicted molar refractivity (Wildman–Crippen MR) is 140 cm³/mol. The van der Waals surface area contributed by atoms with E-state index in [4.69, 9.17) is 18.6 Å². The third-order valence-corrected chi connectivity index (χ3v) is 7.52. The molecular formula is C27H30O16. The lowest BCUT2D eigenvalue weighted by Crippen LogP contribution is -2.60. The molecule has 1 unspecified atom stereocenters. The van der Waals surface area contributed by atoms with E-state index in [2.05, 4.69) is 0 Å². The first-order chi connectivity index (χ1) is 20.4. The van der Waals surface area contributed by atoms with E-state index in [1.165, 1.54) is 6.07 Å². The molecule has 0 spiro atoms. The fourth-order valence-electron chi connectivity index (χ4n) is 5.12. The second-order valence-corrected chi connectivity index (χ2v) is 10.3. The highest BCUT2D eigenvalue weighted by molar-refractivity contribution is 5.88. The van der Waals surface area contributed by atoms with Crippen LogP contribution in [0.1, 0.15) is 11.7 Å². The lowest BCUT2D eigenvalue weighted by molar-refractivity contribution is -0.278. The van der Waals surface area contributed by atoms with Crippen molar-refractivity contribution in [1.82, 2.24) is 0 Å². The molecule has 0 amide bonds. The third kappa shape index (κ3) is 5.38. The quantitative estimate of drug-likeness (QED) is 0.126. The van der Waals surface area contributed by atoms with Gasteiger partial charge in [0.05, 0.1) is 18.8 Å². The summed E-state index contributed by atoms with van der Waals surface area (Å²) in [4.78, 5) is 13.3. The van der Waals surface area contributed by atoms with E-state index in [0.717, 1.165) is 24.3 Å². The Hall–Kier alpha value is -3.55. The van der Waals surface area contributed by atoms with E-state index in [0.29, 0.717) is 0 Å². The van der Waals surface area contributed by atoms with Gasteiger partial charge in [0, 0.05) is 17.7 Å². The van der Waals surface area contributed by atoms with Gasteiger partial charge in [-0.15, -0.1) is 0 Å². The van der Waals surface area contributed by atoms with Gasteiger partial charge in [-0.05, 0) is 18.2 Å². The van der Waals surface area contributed by atoms with Crippen molar-refractivity contribution in [3.05, 3.63) is 46.1 Å². The summed E-state index contributed by atoms with van der Waals surface area (Å²) in [6.07, 6.45) is -17.6. The van der Waals surface area contributed by atoms with Crippen molar-refractivity contribution in [2.75, 3.05) is 13.2 Å². The van der Waals surface area contributed by atoms with Crippen molar-refractivity contribution in [2.45, 2.75) is 61.2 Å². The number of aliphatic hydroxyl groups excluding tert-OH is 8. The Morgan fingerprint density at radius 1 is 0.721 bits per heavy atom. The Morgan fingerprint density at radius 2 is 1.35 bits per heavy atom. The van der Waals surface area contributed by atoms with E-state index in [1.807, 2.05) is 0 Å². The number of aliphatic hydroxyl groups is 8. The maximum absolute atomic E-state index is 13.3. The molecule has 2 aliphatic rings. The summed E-state index contributed by atoms with van der Waals surface area (Å²) in [5, 5.41) is 112. The van der Waals surface area contributed by atoms with E-state index in [1.54, 1.807) is 0 Å². The van der Waals surface area contributed by atoms with Gasteiger partial charge in [-0.1, -0.05) is 0 Å². The van der Waals surface area contributed by atoms with Crippen molar-refractivity contribution >= 4 is 11.0 Å². The molecule has 234 valence electrons. The zero-order chi connectivity index (χ0) is 31.3. The number of hydrogen-bond donors (Lipinski definition) is 11. The summed E-state index contributed by atoms with van der Waals surface area (Å²) in [6.45, 7) is -1.63. The minimum atomic E-state index is -1.97. The molecule has 16 nitrogen and oxygen atoms in total. The summed E-state index contributed by atoms with van der Waals surface area (Å²) in [6, 6.07) is 5.56. The number of aromatic hydroxyl groups is 3. The van der Waals surface area contributed by atoms with Gasteiger partial charge in [0.2, 0.25) is 6.29 Å². The van der Waals surface area contributed by atoms with Crippen LogP contribution >= 0.6 is 0 Å². The van der Waals surface area contributed by atoms with Crippen LogP contribution in [0.4, 0.5) is 0 Å². The van der Waals surface area contributed by atoms with E-state index < -0.39 is 114 Å². The molecule has 0 saturated carbocycles. The number of fused-ring (bicyclic) bond motifs is 1. The number of rotatable bonds is 6. The van der Waals surface area contributed by atoms with Crippen LogP contribution in [0.25, 0.3) is 22.3 Å². The van der Waals surface area contributed by atoms with Gasteiger partial charge in [-0.25, -0.2) is 0 Å². The highest BCUT2D eigenvalue weighted by Crippen LogP contribution is 2.46. The highest BCUT2D eigenvalue weighted by Gasteiger charge is 2.48. The van der Waals surface area contributed by atoms with Crippen LogP contribution in [0.15, 0.2) is 39.5 Å². The SMILES string of the molecule is O=c1cc(-c2ccc(O)c(O)c2)oc2cc(OC3O[C@H](CO)[C@@H](O)[C@H](O)[C@H]3O)c([C@@H]3O[C@H](CO)[C@@H](O)[C@H](O)[C@H]3O)c(O)c12. The largest absolute Gasteiger partial charge is 0.506 e. The van der Waals surface area contributed by atoms with Crippen molar-refractivity contribution in [2.24, 2.45) is 0 Å². The highest BCUT2D eigenvalue weighted by atomic mass is 16.7. The summed E-state index contributed by atoms with van der Waals surface area (Å²) >= 11 is 0. The number of hydrogen-bond acceptors (Lipinski definition) is 16. The van der Waals surface area contributed by atoms with Gasteiger partial charge in [-0.2, -0.15) is 0 Å². The van der Waals surface area contributed by atoms with Crippen LogP contribution in [0.3, 0.4) is 0 Å². The molecule has 1 aromatic heterocycles. The van der Waals surface area contributed by atoms with E-state index in [9.17, 15) is 61.0 Å². The van der Waals surface area contributed by atoms with Crippen molar-refractivity contribution in [1.29, 1.82) is 0 Å². The fourth-order valence-corrected chi connectivity index (χ4v) is 5.12. The number of phenolic OH excluding ortho intramolecular Hbond substituents is 3. The minimum Gasteiger partial charge on any atom is -0.506 e. The second kappa shape index (κ2) is 11.9. The number of benzene rings is 2. The first kappa shape index (κ1) is 30.9. The van der Waals surface area contributed by atoms with Crippen molar-refractivity contribution in [3.8, 4) is 34.3 Å². The van der Waals surface area contributed by atoms with Crippen LogP contribution in [0, 0.1) is 0 Å². The summed E-state index contributed by atoms with van der Waals surface area (Å²) in [7, 11) is 0. The van der Waals surface area contributed by atoms with E-state index in [-0.39, 0.29) is 16.9 Å². The topological polar surface area (TPSA) is 280 Å². The van der Waals surface area contributed by atoms with Gasteiger partial charge < -0.3 is 74.8 Å². The molecule has 0 radical (unpaired) electrons. The van der Waals surface area contributed by atoms with Gasteiger partial charge in [0.15, 0.2) is 16.9 Å². The molecule has 2 aliphatic heterocycles. The Balaban J connectivity index is 1.69. The Morgan fingerprint density at radius 3 is 1.98 bits per heavy atom. The van der Waals surface area contributed by atoms with Crippen LogP contribution in [-0.4, -0.2) is 125 Å². The molecule has 2 saturated heterocycles.